The Morgan fingerprint density at radius 1 is 0.677 bits per heavy atom. The van der Waals surface area contributed by atoms with Gasteiger partial charge in [0.25, 0.3) is 0 Å². The van der Waals surface area contributed by atoms with Crippen molar-refractivity contribution < 1.29 is 0 Å². The molecule has 0 radical (unpaired) electrons. The van der Waals surface area contributed by atoms with Gasteiger partial charge in [-0.1, -0.05) is 145 Å². The van der Waals surface area contributed by atoms with Crippen molar-refractivity contribution in [1.82, 2.24) is 9.80 Å². The number of piperazine rings is 1. The van der Waals surface area contributed by atoms with Gasteiger partial charge < -0.3 is 24.5 Å². The first-order valence-electron chi connectivity index (χ1n) is 23.6. The second-order valence-corrected chi connectivity index (χ2v) is 21.5. The zero-order chi connectivity index (χ0) is 41.6. The van der Waals surface area contributed by atoms with E-state index in [1.165, 1.54) is 73.5 Å². The van der Waals surface area contributed by atoms with Crippen molar-refractivity contribution in [2.45, 2.75) is 109 Å². The van der Waals surface area contributed by atoms with Crippen molar-refractivity contribution >= 4 is 22.7 Å². The Hall–Kier alpha value is -5.68. The molecule has 2 aromatic rings. The Morgan fingerprint density at radius 2 is 1.52 bits per heavy atom. The Labute approximate surface area is 367 Å². The van der Waals surface area contributed by atoms with Crippen molar-refractivity contribution in [3.63, 3.8) is 0 Å². The van der Waals surface area contributed by atoms with E-state index in [1.54, 1.807) is 5.70 Å². The van der Waals surface area contributed by atoms with E-state index < -0.39 is 0 Å². The fraction of sp³-hybridized carbons (Fsp3) is 0.368. The van der Waals surface area contributed by atoms with Gasteiger partial charge in [-0.2, -0.15) is 0 Å². The lowest BCUT2D eigenvalue weighted by atomic mass is 9.57. The van der Waals surface area contributed by atoms with Crippen LogP contribution in [0.5, 0.6) is 0 Å². The third-order valence-electron chi connectivity index (χ3n) is 17.6. The molecule has 310 valence electrons. The van der Waals surface area contributed by atoms with Gasteiger partial charge in [0.1, 0.15) is 0 Å². The molecule has 7 atom stereocenters. The van der Waals surface area contributed by atoms with Crippen LogP contribution in [0.4, 0.5) is 22.7 Å². The van der Waals surface area contributed by atoms with Crippen molar-refractivity contribution in [1.29, 1.82) is 0 Å². The van der Waals surface area contributed by atoms with E-state index >= 15 is 0 Å². The van der Waals surface area contributed by atoms with Crippen LogP contribution in [-0.4, -0.2) is 40.0 Å². The van der Waals surface area contributed by atoms with E-state index in [9.17, 15) is 0 Å². The molecule has 0 spiro atoms. The SMILES string of the molecule is CC1(C)C2=CC=CCC2N(C2=CC3C4C(=C2)N(c2ccccc2)c2ccc5c6c2N4C2=C4C(CC=C2C3(C)C)N(C2C=CC=CC2)C2=CC=CC(C2N46)C5(C)C)C2=C1C=CCC2. The van der Waals surface area contributed by atoms with Crippen molar-refractivity contribution in [3.05, 3.63) is 190 Å². The normalized spacial score (nSPS) is 33.4. The van der Waals surface area contributed by atoms with Crippen molar-refractivity contribution in [2.75, 3.05) is 14.7 Å². The summed E-state index contributed by atoms with van der Waals surface area (Å²) in [6, 6.07) is 17.6. The molecule has 14 rings (SSSR count). The molecule has 0 N–H and O–H groups in total. The lowest BCUT2D eigenvalue weighted by molar-refractivity contribution is 0.153. The molecule has 2 saturated heterocycles. The van der Waals surface area contributed by atoms with E-state index in [2.05, 4.69) is 200 Å². The van der Waals surface area contributed by atoms with Crippen LogP contribution in [-0.2, 0) is 5.41 Å². The van der Waals surface area contributed by atoms with Crippen LogP contribution in [0.2, 0.25) is 0 Å². The lowest BCUT2D eigenvalue weighted by Gasteiger charge is -2.68. The van der Waals surface area contributed by atoms with Gasteiger partial charge in [0.15, 0.2) is 0 Å². The fourth-order valence-corrected chi connectivity index (χ4v) is 14.8. The van der Waals surface area contributed by atoms with E-state index in [0.717, 1.165) is 32.1 Å². The molecular formula is C57H57N5. The molecule has 7 unspecified atom stereocenters. The van der Waals surface area contributed by atoms with Gasteiger partial charge in [-0.3, -0.25) is 0 Å². The molecule has 62 heavy (non-hydrogen) atoms. The molecule has 2 fully saturated rings. The molecule has 0 amide bonds. The maximum atomic E-state index is 2.92. The predicted octanol–water partition coefficient (Wildman–Crippen LogP) is 12.3. The molecule has 6 aliphatic carbocycles. The van der Waals surface area contributed by atoms with Crippen LogP contribution in [0.1, 0.15) is 79.2 Å². The summed E-state index contributed by atoms with van der Waals surface area (Å²) in [5, 5.41) is 0. The summed E-state index contributed by atoms with van der Waals surface area (Å²) < 4.78 is 0. The van der Waals surface area contributed by atoms with Crippen LogP contribution in [0.15, 0.2) is 185 Å². The standard InChI is InChI=1S/C57H57N5/c1-55(2)37-22-13-15-25-43(37)60(44-26-16-14-23-38(44)55)36-32-42-50-48(33-36)59(35-20-11-8-12-21-35)47-31-28-40-51-54(47)62(50)52-41(57(42,5)6)29-30-46-53(52)61(51)49-39(56(40,3)4)24-17-27-45(49)58(46)34-18-9-7-10-19-34/h7-15,17-18,20-24,27-29,31-34,39,42-43,46,49-50H,16,19,25-26,30H2,1-6H3. The minimum Gasteiger partial charge on any atom is -0.357 e. The Balaban J connectivity index is 1.06. The molecule has 5 nitrogen and oxygen atoms in total. The summed E-state index contributed by atoms with van der Waals surface area (Å²) in [6.07, 6.45) is 42.2. The highest BCUT2D eigenvalue weighted by Gasteiger charge is 2.64. The third-order valence-corrected chi connectivity index (χ3v) is 17.6. The number of fused-ring (bicyclic) bond motifs is 1. The van der Waals surface area contributed by atoms with Gasteiger partial charge in [0, 0.05) is 56.6 Å². The van der Waals surface area contributed by atoms with Crippen LogP contribution in [0.25, 0.3) is 0 Å². The Kier molecular flexibility index (Phi) is 6.86. The third kappa shape index (κ3) is 4.18. The summed E-state index contributed by atoms with van der Waals surface area (Å²) >= 11 is 0. The summed E-state index contributed by atoms with van der Waals surface area (Å²) in [4.78, 5) is 14.2. The number of benzene rings is 2. The number of para-hydroxylation sites is 1. The zero-order valence-corrected chi connectivity index (χ0v) is 37.0. The smallest absolute Gasteiger partial charge is 0.0907 e. The van der Waals surface area contributed by atoms with Gasteiger partial charge in [0.2, 0.25) is 0 Å². The molecular weight excluding hydrogens is 755 g/mol. The number of hydrogen-bond acceptors (Lipinski definition) is 5. The topological polar surface area (TPSA) is 16.2 Å². The second kappa shape index (κ2) is 11.9. The number of hydrogen-bond donors (Lipinski definition) is 0. The molecule has 6 aliphatic heterocycles. The monoisotopic (exact) mass is 811 g/mol. The largest absolute Gasteiger partial charge is 0.357 e. The summed E-state index contributed by atoms with van der Waals surface area (Å²) in [5.74, 6) is 0.582. The number of nitrogens with zero attached hydrogens (tertiary/aromatic N) is 5. The van der Waals surface area contributed by atoms with E-state index in [-0.39, 0.29) is 40.3 Å². The Morgan fingerprint density at radius 3 is 2.35 bits per heavy atom. The highest BCUT2D eigenvalue weighted by molar-refractivity contribution is 6.01. The minimum absolute atomic E-state index is 0.0100. The minimum atomic E-state index is -0.132. The molecule has 6 heterocycles. The van der Waals surface area contributed by atoms with Gasteiger partial charge in [0.05, 0.1) is 58.7 Å². The number of rotatable bonds is 3. The molecule has 5 heteroatoms. The first kappa shape index (κ1) is 35.9. The molecule has 12 aliphatic rings. The lowest BCUT2D eigenvalue weighted by Crippen LogP contribution is -2.69. The summed E-state index contributed by atoms with van der Waals surface area (Å²) in [5.41, 5.74) is 20.1. The van der Waals surface area contributed by atoms with Gasteiger partial charge in [-0.05, 0) is 84.7 Å². The van der Waals surface area contributed by atoms with Crippen LogP contribution in [0, 0.1) is 22.7 Å². The van der Waals surface area contributed by atoms with Crippen LogP contribution in [0.3, 0.4) is 0 Å². The highest BCUT2D eigenvalue weighted by Crippen LogP contribution is 2.70. The average molecular weight is 812 g/mol. The maximum absolute atomic E-state index is 2.92. The fourth-order valence-electron chi connectivity index (χ4n) is 14.8. The van der Waals surface area contributed by atoms with Gasteiger partial charge in [-0.15, -0.1) is 0 Å². The number of anilines is 4. The van der Waals surface area contributed by atoms with Crippen molar-refractivity contribution in [3.8, 4) is 0 Å². The maximum Gasteiger partial charge on any atom is 0.0907 e. The zero-order valence-electron chi connectivity index (χ0n) is 37.0. The predicted molar refractivity (Wildman–Crippen MR) is 253 cm³/mol. The van der Waals surface area contributed by atoms with Gasteiger partial charge in [-0.25, -0.2) is 0 Å². The van der Waals surface area contributed by atoms with Crippen LogP contribution < -0.4 is 14.7 Å². The van der Waals surface area contributed by atoms with E-state index in [4.69, 9.17) is 0 Å². The molecule has 0 aromatic heterocycles. The summed E-state index contributed by atoms with van der Waals surface area (Å²) in [7, 11) is 0. The first-order valence-corrected chi connectivity index (χ1v) is 23.6. The molecule has 0 bridgehead atoms. The van der Waals surface area contributed by atoms with Crippen molar-refractivity contribution in [2.24, 2.45) is 22.7 Å². The van der Waals surface area contributed by atoms with Gasteiger partial charge >= 0.3 is 0 Å². The van der Waals surface area contributed by atoms with E-state index in [1.807, 2.05) is 0 Å². The number of allylic oxidation sites excluding steroid dienone is 12. The van der Waals surface area contributed by atoms with Crippen LogP contribution >= 0.6 is 0 Å². The van der Waals surface area contributed by atoms with E-state index in [0.29, 0.717) is 18.0 Å². The Bertz CT molecular complexity index is 2820. The first-order chi connectivity index (χ1) is 30.1. The number of piperidine rings is 1. The second-order valence-electron chi connectivity index (χ2n) is 21.5. The summed E-state index contributed by atoms with van der Waals surface area (Å²) in [6.45, 7) is 15.2. The highest BCUT2D eigenvalue weighted by atomic mass is 15.4. The molecule has 2 aromatic carbocycles. The average Bonchev–Trinajstić information content (AvgIpc) is 3.29. The quantitative estimate of drug-likeness (QED) is 0.306. The molecule has 0 saturated carbocycles.